The van der Waals surface area contributed by atoms with Gasteiger partial charge in [0.1, 0.15) is 0 Å². The third-order valence-corrected chi connectivity index (χ3v) is 3.23. The molecule has 0 bridgehead atoms. The highest BCUT2D eigenvalue weighted by molar-refractivity contribution is 8.13. The van der Waals surface area contributed by atoms with Gasteiger partial charge in [0.15, 0.2) is 0 Å². The van der Waals surface area contributed by atoms with Crippen LogP contribution in [0.15, 0.2) is 29.2 Å². The monoisotopic (exact) mass is 258 g/mol. The van der Waals surface area contributed by atoms with Crippen molar-refractivity contribution in [1.29, 1.82) is 0 Å². The average Bonchev–Trinajstić information content (AvgIpc) is 2.64. The lowest BCUT2D eigenvalue weighted by atomic mass is 10.2. The number of tetrazole rings is 1. The molecule has 0 radical (unpaired) electrons. The first kappa shape index (κ1) is 11.0. The number of nitrogens with zero attached hydrogens (tertiary/aromatic N) is 4. The maximum Gasteiger partial charge on any atom is 0.261 e. The van der Waals surface area contributed by atoms with Crippen molar-refractivity contribution in [2.24, 2.45) is 7.05 Å². The van der Waals surface area contributed by atoms with E-state index in [9.17, 15) is 8.42 Å². The minimum Gasteiger partial charge on any atom is -0.207 e. The number of aromatic nitrogens is 4. The first-order chi connectivity index (χ1) is 7.47. The summed E-state index contributed by atoms with van der Waals surface area (Å²) in [4.78, 5) is 1.30. The van der Waals surface area contributed by atoms with Gasteiger partial charge in [-0.15, -0.1) is 10.2 Å². The second kappa shape index (κ2) is 3.84. The Hall–Kier alpha value is -1.47. The zero-order valence-corrected chi connectivity index (χ0v) is 9.77. The van der Waals surface area contributed by atoms with Gasteiger partial charge in [-0.25, -0.2) is 8.42 Å². The molecule has 0 aliphatic rings. The fourth-order valence-electron chi connectivity index (χ4n) is 1.19. The second-order valence-electron chi connectivity index (χ2n) is 3.07. The summed E-state index contributed by atoms with van der Waals surface area (Å²) in [5, 5.41) is 11.4. The molecule has 0 atom stereocenters. The second-order valence-corrected chi connectivity index (χ2v) is 5.63. The molecule has 2 rings (SSSR count). The van der Waals surface area contributed by atoms with Gasteiger partial charge in [-0.1, -0.05) is 12.1 Å². The average molecular weight is 259 g/mol. The predicted octanol–water partition coefficient (Wildman–Crippen LogP) is 0.805. The Morgan fingerprint density at radius 3 is 2.69 bits per heavy atom. The number of benzene rings is 1. The summed E-state index contributed by atoms with van der Waals surface area (Å²) in [7, 11) is 3.12. The number of hydrogen-bond donors (Lipinski definition) is 0. The van der Waals surface area contributed by atoms with Crippen molar-refractivity contribution in [3.05, 3.63) is 24.3 Å². The molecule has 16 heavy (non-hydrogen) atoms. The summed E-state index contributed by atoms with van der Waals surface area (Å²) in [6.45, 7) is 0. The molecule has 84 valence electrons. The van der Waals surface area contributed by atoms with Crippen molar-refractivity contribution in [1.82, 2.24) is 20.2 Å². The Labute approximate surface area is 96.3 Å². The molecular weight excluding hydrogens is 252 g/mol. The van der Waals surface area contributed by atoms with Gasteiger partial charge in [-0.3, -0.25) is 0 Å². The summed E-state index contributed by atoms with van der Waals surface area (Å²) in [6, 6.07) is 6.06. The molecule has 0 aliphatic heterocycles. The molecule has 1 heterocycles. The fraction of sp³-hybridized carbons (Fsp3) is 0.125. The Kier molecular flexibility index (Phi) is 2.64. The van der Waals surface area contributed by atoms with Gasteiger partial charge in [0, 0.05) is 16.2 Å². The molecule has 0 N–H and O–H groups in total. The highest BCUT2D eigenvalue weighted by Crippen LogP contribution is 2.20. The molecular formula is C8H7ClN4O2S. The highest BCUT2D eigenvalue weighted by Gasteiger charge is 2.12. The standard InChI is InChI=1S/C8H7ClN4O2S/c1-13-11-8(10-12-13)6-3-2-4-7(5-6)16(9,14)15/h2-5H,1H3. The fourth-order valence-corrected chi connectivity index (χ4v) is 1.98. The molecule has 1 aromatic heterocycles. The lowest BCUT2D eigenvalue weighted by Crippen LogP contribution is -1.93. The van der Waals surface area contributed by atoms with Crippen LogP contribution in [0.3, 0.4) is 0 Å². The van der Waals surface area contributed by atoms with E-state index in [1.807, 2.05) is 0 Å². The van der Waals surface area contributed by atoms with Crippen LogP contribution in [0.25, 0.3) is 11.4 Å². The first-order valence-electron chi connectivity index (χ1n) is 4.26. The van der Waals surface area contributed by atoms with Crippen LogP contribution in [-0.2, 0) is 16.1 Å². The largest absolute Gasteiger partial charge is 0.261 e. The van der Waals surface area contributed by atoms with Crippen LogP contribution in [-0.4, -0.2) is 28.6 Å². The predicted molar refractivity (Wildman–Crippen MR) is 57.3 cm³/mol. The van der Waals surface area contributed by atoms with E-state index >= 15 is 0 Å². The Morgan fingerprint density at radius 1 is 1.38 bits per heavy atom. The van der Waals surface area contributed by atoms with Gasteiger partial charge in [0.25, 0.3) is 9.05 Å². The van der Waals surface area contributed by atoms with E-state index in [1.165, 1.54) is 16.9 Å². The number of halogens is 1. The molecule has 2 aromatic rings. The van der Waals surface area contributed by atoms with Crippen LogP contribution in [0.5, 0.6) is 0 Å². The van der Waals surface area contributed by atoms with Crippen molar-refractivity contribution in [3.63, 3.8) is 0 Å². The number of hydrogen-bond acceptors (Lipinski definition) is 5. The van der Waals surface area contributed by atoms with E-state index in [4.69, 9.17) is 10.7 Å². The molecule has 0 saturated heterocycles. The van der Waals surface area contributed by atoms with E-state index < -0.39 is 9.05 Å². The third kappa shape index (κ3) is 2.20. The summed E-state index contributed by atoms with van der Waals surface area (Å²) >= 11 is 0. The van der Waals surface area contributed by atoms with Crippen LogP contribution in [0.4, 0.5) is 0 Å². The zero-order chi connectivity index (χ0) is 11.8. The topological polar surface area (TPSA) is 77.7 Å². The van der Waals surface area contributed by atoms with Crippen LogP contribution in [0, 0.1) is 0 Å². The molecule has 6 nitrogen and oxygen atoms in total. The van der Waals surface area contributed by atoms with Crippen LogP contribution in [0.1, 0.15) is 0 Å². The van der Waals surface area contributed by atoms with E-state index in [0.29, 0.717) is 11.4 Å². The minimum absolute atomic E-state index is 0.0131. The normalized spacial score (nSPS) is 11.6. The van der Waals surface area contributed by atoms with Crippen molar-refractivity contribution >= 4 is 19.7 Å². The Balaban J connectivity index is 2.52. The molecule has 8 heteroatoms. The molecule has 0 saturated carbocycles. The maximum absolute atomic E-state index is 11.1. The Bertz CT molecular complexity index is 622. The van der Waals surface area contributed by atoms with E-state index in [-0.39, 0.29) is 4.90 Å². The molecule has 0 amide bonds. The smallest absolute Gasteiger partial charge is 0.207 e. The lowest BCUT2D eigenvalue weighted by Gasteiger charge is -1.98. The first-order valence-corrected chi connectivity index (χ1v) is 6.57. The lowest BCUT2D eigenvalue weighted by molar-refractivity contribution is 0.609. The van der Waals surface area contributed by atoms with Crippen LogP contribution < -0.4 is 0 Å². The molecule has 0 unspecified atom stereocenters. The highest BCUT2D eigenvalue weighted by atomic mass is 35.7. The van der Waals surface area contributed by atoms with Crippen LogP contribution >= 0.6 is 10.7 Å². The zero-order valence-electron chi connectivity index (χ0n) is 8.20. The minimum atomic E-state index is -3.74. The van der Waals surface area contributed by atoms with Crippen molar-refractivity contribution in [2.75, 3.05) is 0 Å². The van der Waals surface area contributed by atoms with Gasteiger partial charge < -0.3 is 0 Å². The summed E-state index contributed by atoms with van der Waals surface area (Å²) in [5.41, 5.74) is 0.551. The van der Waals surface area contributed by atoms with Gasteiger partial charge in [-0.05, 0) is 17.3 Å². The van der Waals surface area contributed by atoms with E-state index in [1.54, 1.807) is 19.2 Å². The molecule has 0 spiro atoms. The number of aryl methyl sites for hydroxylation is 1. The SMILES string of the molecule is Cn1nnc(-c2cccc(S(=O)(=O)Cl)c2)n1. The van der Waals surface area contributed by atoms with Gasteiger partial charge in [-0.2, -0.15) is 4.80 Å². The Morgan fingerprint density at radius 2 is 2.12 bits per heavy atom. The quantitative estimate of drug-likeness (QED) is 0.745. The molecule has 0 fully saturated rings. The third-order valence-electron chi connectivity index (χ3n) is 1.88. The summed E-state index contributed by atoms with van der Waals surface area (Å²) in [5.74, 6) is 0.352. The van der Waals surface area contributed by atoms with Crippen molar-refractivity contribution in [3.8, 4) is 11.4 Å². The maximum atomic E-state index is 11.1. The van der Waals surface area contributed by atoms with Crippen LogP contribution in [0.2, 0.25) is 0 Å². The molecule has 1 aromatic carbocycles. The number of rotatable bonds is 2. The van der Waals surface area contributed by atoms with E-state index in [2.05, 4.69) is 15.4 Å². The van der Waals surface area contributed by atoms with E-state index in [0.717, 1.165) is 0 Å². The molecule has 0 aliphatic carbocycles. The van der Waals surface area contributed by atoms with Crippen molar-refractivity contribution in [2.45, 2.75) is 4.90 Å². The van der Waals surface area contributed by atoms with Gasteiger partial charge >= 0.3 is 0 Å². The van der Waals surface area contributed by atoms with Gasteiger partial charge in [0.2, 0.25) is 5.82 Å². The summed E-state index contributed by atoms with van der Waals surface area (Å²) in [6.07, 6.45) is 0. The summed E-state index contributed by atoms with van der Waals surface area (Å²) < 4.78 is 22.3. The van der Waals surface area contributed by atoms with Crippen molar-refractivity contribution < 1.29 is 8.42 Å². The van der Waals surface area contributed by atoms with Gasteiger partial charge in [0.05, 0.1) is 11.9 Å².